The number of nitrogens with two attached hydrogens (primary N) is 1. The fraction of sp³-hybridized carbons (Fsp3) is 0.600. The van der Waals surface area contributed by atoms with Gasteiger partial charge < -0.3 is 26.0 Å². The Balaban J connectivity index is 3.36. The van der Waals surface area contributed by atoms with Crippen LogP contribution in [0.2, 0.25) is 0 Å². The van der Waals surface area contributed by atoms with Gasteiger partial charge in [-0.1, -0.05) is 43.2 Å². The standard InChI is InChI=1S/C25H40N4O5/c1-8-11-17(4)27-22(31)21(18-13-10-12-16(3)14-18)29(9-2)23(32)19(15-20(26)30)28-24(33)34-25(5,6)7/h10,12-14,17,19,21H,8-9,11,15H2,1-7H3,(H2,26,30)(H,27,31)(H,28,33). The minimum Gasteiger partial charge on any atom is -0.444 e. The second kappa shape index (κ2) is 13.0. The van der Waals surface area contributed by atoms with Crippen LogP contribution in [0, 0.1) is 6.92 Å². The van der Waals surface area contributed by atoms with E-state index in [1.54, 1.807) is 33.8 Å². The lowest BCUT2D eigenvalue weighted by molar-refractivity contribution is -0.143. The number of alkyl carbamates (subject to hydrolysis) is 1. The third kappa shape index (κ3) is 9.41. The van der Waals surface area contributed by atoms with Gasteiger partial charge in [0, 0.05) is 12.6 Å². The van der Waals surface area contributed by atoms with E-state index in [1.807, 2.05) is 39.0 Å². The van der Waals surface area contributed by atoms with Gasteiger partial charge in [0.15, 0.2) is 0 Å². The Hall–Kier alpha value is -3.10. The number of hydrogen-bond donors (Lipinski definition) is 3. The number of nitrogens with zero attached hydrogens (tertiary/aromatic N) is 1. The topological polar surface area (TPSA) is 131 Å². The molecule has 4 amide bonds. The van der Waals surface area contributed by atoms with E-state index in [9.17, 15) is 19.2 Å². The van der Waals surface area contributed by atoms with Crippen LogP contribution in [0.4, 0.5) is 4.79 Å². The minimum atomic E-state index is -1.28. The quantitative estimate of drug-likeness (QED) is 0.452. The summed E-state index contributed by atoms with van der Waals surface area (Å²) in [6, 6.07) is 5.03. The van der Waals surface area contributed by atoms with E-state index in [4.69, 9.17) is 10.5 Å². The molecule has 4 N–H and O–H groups in total. The highest BCUT2D eigenvalue weighted by Gasteiger charge is 2.36. The number of amides is 4. The highest BCUT2D eigenvalue weighted by molar-refractivity contribution is 5.94. The largest absolute Gasteiger partial charge is 0.444 e. The first-order valence-corrected chi connectivity index (χ1v) is 11.7. The molecular formula is C25H40N4O5. The highest BCUT2D eigenvalue weighted by atomic mass is 16.6. The van der Waals surface area contributed by atoms with E-state index < -0.39 is 42.0 Å². The number of likely N-dealkylation sites (N-methyl/N-ethyl adjacent to an activating group) is 1. The molecule has 9 nitrogen and oxygen atoms in total. The van der Waals surface area contributed by atoms with Crippen molar-refractivity contribution in [1.29, 1.82) is 0 Å². The molecule has 1 rings (SSSR count). The van der Waals surface area contributed by atoms with Gasteiger partial charge in [-0.05, 0) is 53.5 Å². The van der Waals surface area contributed by atoms with Crippen molar-refractivity contribution in [2.45, 2.75) is 91.5 Å². The predicted octanol–water partition coefficient (Wildman–Crippen LogP) is 2.96. The first-order valence-electron chi connectivity index (χ1n) is 11.7. The molecule has 1 aromatic carbocycles. The number of hydrogen-bond acceptors (Lipinski definition) is 5. The van der Waals surface area contributed by atoms with Gasteiger partial charge in [0.05, 0.1) is 6.42 Å². The molecule has 0 aromatic heterocycles. The molecule has 9 heteroatoms. The van der Waals surface area contributed by atoms with Gasteiger partial charge in [0.2, 0.25) is 17.7 Å². The van der Waals surface area contributed by atoms with Crippen molar-refractivity contribution < 1.29 is 23.9 Å². The van der Waals surface area contributed by atoms with Crippen LogP contribution in [0.15, 0.2) is 24.3 Å². The number of primary amides is 1. The molecule has 1 aromatic rings. The molecule has 0 saturated heterocycles. The molecule has 0 heterocycles. The van der Waals surface area contributed by atoms with Crippen molar-refractivity contribution >= 4 is 23.8 Å². The van der Waals surface area contributed by atoms with Gasteiger partial charge in [0.1, 0.15) is 17.7 Å². The Kier molecular flexibility index (Phi) is 11.0. The lowest BCUT2D eigenvalue weighted by Crippen LogP contribution is -2.54. The summed E-state index contributed by atoms with van der Waals surface area (Å²) in [4.78, 5) is 52.4. The van der Waals surface area contributed by atoms with Crippen molar-refractivity contribution in [3.05, 3.63) is 35.4 Å². The molecule has 34 heavy (non-hydrogen) atoms. The molecule has 0 aliphatic carbocycles. The molecule has 3 atom stereocenters. The average Bonchev–Trinajstić information content (AvgIpc) is 2.69. The molecule has 0 bridgehead atoms. The minimum absolute atomic E-state index is 0.0834. The number of rotatable bonds is 11. The van der Waals surface area contributed by atoms with Gasteiger partial charge in [-0.3, -0.25) is 14.4 Å². The summed E-state index contributed by atoms with van der Waals surface area (Å²) in [5.74, 6) is -1.70. The SMILES string of the molecule is CCCC(C)NC(=O)C(c1cccc(C)c1)N(CC)C(=O)C(CC(N)=O)NC(=O)OC(C)(C)C. The summed E-state index contributed by atoms with van der Waals surface area (Å²) < 4.78 is 5.25. The zero-order chi connectivity index (χ0) is 26.1. The van der Waals surface area contributed by atoms with Crippen LogP contribution in [0.25, 0.3) is 0 Å². The lowest BCUT2D eigenvalue weighted by atomic mass is 10.00. The van der Waals surface area contributed by atoms with E-state index in [2.05, 4.69) is 10.6 Å². The fourth-order valence-electron chi connectivity index (χ4n) is 3.66. The van der Waals surface area contributed by atoms with Crippen molar-refractivity contribution in [3.63, 3.8) is 0 Å². The fourth-order valence-corrected chi connectivity index (χ4v) is 3.66. The van der Waals surface area contributed by atoms with E-state index in [1.165, 1.54) is 4.90 Å². The van der Waals surface area contributed by atoms with Gasteiger partial charge in [-0.15, -0.1) is 0 Å². The highest BCUT2D eigenvalue weighted by Crippen LogP contribution is 2.24. The summed E-state index contributed by atoms with van der Waals surface area (Å²) >= 11 is 0. The third-order valence-electron chi connectivity index (χ3n) is 5.05. The second-order valence-corrected chi connectivity index (χ2v) is 9.51. The van der Waals surface area contributed by atoms with Crippen LogP contribution in [0.1, 0.15) is 78.0 Å². The molecule has 0 aliphatic rings. The van der Waals surface area contributed by atoms with Crippen molar-refractivity contribution in [3.8, 4) is 0 Å². The molecular weight excluding hydrogens is 436 g/mol. The number of carbonyl (C=O) groups excluding carboxylic acids is 4. The van der Waals surface area contributed by atoms with Crippen LogP contribution >= 0.6 is 0 Å². The average molecular weight is 477 g/mol. The zero-order valence-corrected chi connectivity index (χ0v) is 21.4. The van der Waals surface area contributed by atoms with Crippen LogP contribution < -0.4 is 16.4 Å². The molecule has 3 unspecified atom stereocenters. The number of ether oxygens (including phenoxy) is 1. The summed E-state index contributed by atoms with van der Waals surface area (Å²) in [6.45, 7) is 12.8. The van der Waals surface area contributed by atoms with Crippen molar-refractivity contribution in [1.82, 2.24) is 15.5 Å². The number of carbonyl (C=O) groups is 4. The Morgan fingerprint density at radius 3 is 2.26 bits per heavy atom. The predicted molar refractivity (Wildman–Crippen MR) is 131 cm³/mol. The van der Waals surface area contributed by atoms with E-state index in [0.717, 1.165) is 18.4 Å². The molecule has 0 fully saturated rings. The smallest absolute Gasteiger partial charge is 0.408 e. The zero-order valence-electron chi connectivity index (χ0n) is 21.4. The van der Waals surface area contributed by atoms with Gasteiger partial charge >= 0.3 is 6.09 Å². The first kappa shape index (κ1) is 28.9. The number of nitrogens with one attached hydrogen (secondary N) is 2. The van der Waals surface area contributed by atoms with Crippen LogP contribution in [-0.4, -0.2) is 52.9 Å². The Morgan fingerprint density at radius 1 is 1.12 bits per heavy atom. The van der Waals surface area contributed by atoms with Crippen molar-refractivity contribution in [2.75, 3.05) is 6.54 Å². The number of aryl methyl sites for hydroxylation is 1. The van der Waals surface area contributed by atoms with Gasteiger partial charge in [-0.2, -0.15) is 0 Å². The van der Waals surface area contributed by atoms with E-state index >= 15 is 0 Å². The van der Waals surface area contributed by atoms with Crippen LogP contribution in [0.3, 0.4) is 0 Å². The van der Waals surface area contributed by atoms with Gasteiger partial charge in [-0.25, -0.2) is 4.79 Å². The summed E-state index contributed by atoms with van der Waals surface area (Å²) in [7, 11) is 0. The van der Waals surface area contributed by atoms with Crippen LogP contribution in [0.5, 0.6) is 0 Å². The molecule has 0 radical (unpaired) electrons. The Labute approximate surface area is 202 Å². The monoisotopic (exact) mass is 476 g/mol. The summed E-state index contributed by atoms with van der Waals surface area (Å²) in [6.07, 6.45) is 0.407. The maximum Gasteiger partial charge on any atom is 0.408 e. The lowest BCUT2D eigenvalue weighted by Gasteiger charge is -2.34. The third-order valence-corrected chi connectivity index (χ3v) is 5.05. The molecule has 190 valence electrons. The molecule has 0 spiro atoms. The maximum absolute atomic E-state index is 13.6. The normalized spacial score (nSPS) is 13.9. The Morgan fingerprint density at radius 2 is 1.76 bits per heavy atom. The number of benzene rings is 1. The van der Waals surface area contributed by atoms with Crippen LogP contribution in [-0.2, 0) is 19.1 Å². The molecule has 0 aliphatic heterocycles. The van der Waals surface area contributed by atoms with Crippen molar-refractivity contribution in [2.24, 2.45) is 5.73 Å². The first-order chi connectivity index (χ1) is 15.8. The van der Waals surface area contributed by atoms with E-state index in [-0.39, 0.29) is 18.5 Å². The summed E-state index contributed by atoms with van der Waals surface area (Å²) in [5, 5.41) is 5.44. The maximum atomic E-state index is 13.6. The van der Waals surface area contributed by atoms with E-state index in [0.29, 0.717) is 5.56 Å². The molecule has 0 saturated carbocycles. The second-order valence-electron chi connectivity index (χ2n) is 9.51. The van der Waals surface area contributed by atoms with Gasteiger partial charge in [0.25, 0.3) is 0 Å². The Bertz CT molecular complexity index is 865. The summed E-state index contributed by atoms with van der Waals surface area (Å²) in [5.41, 5.74) is 6.13.